The van der Waals surface area contributed by atoms with Crippen molar-refractivity contribution in [2.75, 3.05) is 13.1 Å². The third-order valence-electron chi connectivity index (χ3n) is 7.47. The van der Waals surface area contributed by atoms with Gasteiger partial charge in [-0.25, -0.2) is 0 Å². The molecule has 1 saturated heterocycles. The Labute approximate surface area is 160 Å². The highest BCUT2D eigenvalue weighted by Gasteiger charge is 2.62. The number of rotatable bonds is 1. The van der Waals surface area contributed by atoms with E-state index in [1.165, 1.54) is 6.42 Å². The Morgan fingerprint density at radius 2 is 2.00 bits per heavy atom. The van der Waals surface area contributed by atoms with Crippen LogP contribution < -0.4 is 10.1 Å². The normalized spacial score (nSPS) is 37.5. The molecular weight excluding hydrogens is 340 g/mol. The molecule has 144 valence electrons. The number of ether oxygens (including phenoxy) is 1. The van der Waals surface area contributed by atoms with Gasteiger partial charge in [-0.1, -0.05) is 19.1 Å². The number of nitrogens with one attached hydrogen (secondary N) is 1. The fraction of sp³-hybridized carbons (Fsp3) is 0.636. The molecule has 0 aromatic heterocycles. The van der Waals surface area contributed by atoms with Crippen molar-refractivity contribution in [3.63, 3.8) is 0 Å². The first-order chi connectivity index (χ1) is 13.0. The Morgan fingerprint density at radius 3 is 2.78 bits per heavy atom. The molecule has 27 heavy (non-hydrogen) atoms. The summed E-state index contributed by atoms with van der Waals surface area (Å²) >= 11 is 0. The third-order valence-corrected chi connectivity index (χ3v) is 7.47. The minimum Gasteiger partial charge on any atom is -0.467 e. The van der Waals surface area contributed by atoms with Crippen LogP contribution in [0, 0.1) is 17.3 Å². The molecule has 4 unspecified atom stereocenters. The predicted molar refractivity (Wildman–Crippen MR) is 101 cm³/mol. The number of amides is 2. The molecule has 2 bridgehead atoms. The van der Waals surface area contributed by atoms with E-state index in [0.29, 0.717) is 17.2 Å². The average Bonchev–Trinajstić information content (AvgIpc) is 2.68. The molecular formula is C22H28N2O3. The van der Waals surface area contributed by atoms with Gasteiger partial charge in [0, 0.05) is 31.3 Å². The highest BCUT2D eigenvalue weighted by Crippen LogP contribution is 2.59. The minimum absolute atomic E-state index is 0.0492. The zero-order valence-corrected chi connectivity index (χ0v) is 16.0. The fourth-order valence-corrected chi connectivity index (χ4v) is 5.97. The van der Waals surface area contributed by atoms with E-state index < -0.39 is 5.72 Å². The third kappa shape index (κ3) is 2.58. The zero-order valence-electron chi connectivity index (χ0n) is 16.0. The molecule has 4 fully saturated rings. The lowest BCUT2D eigenvalue weighted by molar-refractivity contribution is -0.174. The van der Waals surface area contributed by atoms with Crippen molar-refractivity contribution >= 4 is 11.8 Å². The topological polar surface area (TPSA) is 58.6 Å². The maximum Gasteiger partial charge on any atom is 0.258 e. The minimum atomic E-state index is -0.656. The standard InChI is InChI=1S/C22H28N2O3/c1-21-10-9-15(13-17(21)20(26)24-11-5-2-6-12-24)22(14-21)23-19(25)16-7-3-4-8-18(16)27-22/h3-4,7-8,15,17H,2,5-6,9-14H2,1H3,(H,23,25). The molecule has 1 spiro atoms. The monoisotopic (exact) mass is 368 g/mol. The molecule has 0 radical (unpaired) electrons. The molecule has 1 N–H and O–H groups in total. The van der Waals surface area contributed by atoms with Crippen molar-refractivity contribution in [2.24, 2.45) is 17.3 Å². The number of piperidine rings is 1. The molecule has 3 saturated carbocycles. The summed E-state index contributed by atoms with van der Waals surface area (Å²) in [7, 11) is 0. The number of para-hydroxylation sites is 1. The second-order valence-electron chi connectivity index (χ2n) is 9.18. The van der Waals surface area contributed by atoms with Crippen LogP contribution in [0.5, 0.6) is 5.75 Å². The number of fused-ring (bicyclic) bond motifs is 3. The molecule has 1 aromatic carbocycles. The maximum atomic E-state index is 13.3. The van der Waals surface area contributed by atoms with Gasteiger partial charge in [-0.2, -0.15) is 0 Å². The second-order valence-corrected chi connectivity index (χ2v) is 9.18. The lowest BCUT2D eigenvalue weighted by Gasteiger charge is -2.60. The smallest absolute Gasteiger partial charge is 0.258 e. The predicted octanol–water partition coefficient (Wildman–Crippen LogP) is 3.34. The molecule has 2 amide bonds. The lowest BCUT2D eigenvalue weighted by Crippen LogP contribution is -2.69. The van der Waals surface area contributed by atoms with E-state index in [0.717, 1.165) is 51.6 Å². The van der Waals surface area contributed by atoms with E-state index in [2.05, 4.69) is 17.1 Å². The summed E-state index contributed by atoms with van der Waals surface area (Å²) in [6, 6.07) is 7.47. The summed E-state index contributed by atoms with van der Waals surface area (Å²) < 4.78 is 6.45. The van der Waals surface area contributed by atoms with Crippen LogP contribution in [-0.2, 0) is 4.79 Å². The first kappa shape index (κ1) is 17.1. The van der Waals surface area contributed by atoms with Crippen LogP contribution in [0.3, 0.4) is 0 Å². The molecule has 6 rings (SSSR count). The Kier molecular flexibility index (Phi) is 3.78. The van der Waals surface area contributed by atoms with Crippen molar-refractivity contribution in [2.45, 2.75) is 57.6 Å². The van der Waals surface area contributed by atoms with Crippen LogP contribution in [0.1, 0.15) is 62.2 Å². The number of carbonyl (C=O) groups is 2. The van der Waals surface area contributed by atoms with Crippen molar-refractivity contribution < 1.29 is 14.3 Å². The Hall–Kier alpha value is -2.04. The molecule has 2 heterocycles. The van der Waals surface area contributed by atoms with Gasteiger partial charge in [0.2, 0.25) is 5.91 Å². The summed E-state index contributed by atoms with van der Waals surface area (Å²) in [4.78, 5) is 28.1. The average molecular weight is 368 g/mol. The van der Waals surface area contributed by atoms with Crippen molar-refractivity contribution in [3.8, 4) is 5.75 Å². The van der Waals surface area contributed by atoms with E-state index in [1.807, 2.05) is 24.3 Å². The van der Waals surface area contributed by atoms with Gasteiger partial charge in [0.25, 0.3) is 5.91 Å². The number of benzene rings is 1. The first-order valence-electron chi connectivity index (χ1n) is 10.4. The highest BCUT2D eigenvalue weighted by molar-refractivity contribution is 5.98. The summed E-state index contributed by atoms with van der Waals surface area (Å²) in [5.41, 5.74) is -0.171. The second kappa shape index (κ2) is 5.98. The van der Waals surface area contributed by atoms with Crippen LogP contribution in [0.15, 0.2) is 24.3 Å². The Balaban J connectivity index is 1.43. The number of nitrogens with zero attached hydrogens (tertiary/aromatic N) is 1. The molecule has 4 atom stereocenters. The van der Waals surface area contributed by atoms with Crippen molar-refractivity contribution in [1.82, 2.24) is 10.2 Å². The zero-order chi connectivity index (χ0) is 18.6. The largest absolute Gasteiger partial charge is 0.467 e. The van der Waals surface area contributed by atoms with E-state index >= 15 is 0 Å². The molecule has 5 nitrogen and oxygen atoms in total. The SMILES string of the molecule is CC12CCC(CC1C(=O)N1CCCCC1)C1(C2)NC(=O)c2ccccc2O1. The molecule has 2 aliphatic heterocycles. The van der Waals surface area contributed by atoms with Crippen LogP contribution in [-0.4, -0.2) is 35.5 Å². The first-order valence-corrected chi connectivity index (χ1v) is 10.4. The Bertz CT molecular complexity index is 788. The van der Waals surface area contributed by atoms with E-state index in [-0.39, 0.29) is 23.2 Å². The van der Waals surface area contributed by atoms with Crippen LogP contribution >= 0.6 is 0 Å². The summed E-state index contributed by atoms with van der Waals surface area (Å²) in [6.07, 6.45) is 7.05. The fourth-order valence-electron chi connectivity index (χ4n) is 5.97. The molecule has 3 aliphatic carbocycles. The Morgan fingerprint density at radius 1 is 1.22 bits per heavy atom. The van der Waals surface area contributed by atoms with Gasteiger partial charge < -0.3 is 15.0 Å². The van der Waals surface area contributed by atoms with Gasteiger partial charge in [-0.3, -0.25) is 9.59 Å². The van der Waals surface area contributed by atoms with E-state index in [4.69, 9.17) is 4.74 Å². The molecule has 5 aliphatic rings. The van der Waals surface area contributed by atoms with Crippen LogP contribution in [0.25, 0.3) is 0 Å². The molecule has 5 heteroatoms. The number of carbonyl (C=O) groups excluding carboxylic acids is 2. The van der Waals surface area contributed by atoms with Gasteiger partial charge in [-0.15, -0.1) is 0 Å². The molecule has 1 aromatic rings. The summed E-state index contributed by atoms with van der Waals surface area (Å²) in [6.45, 7) is 4.04. The van der Waals surface area contributed by atoms with Gasteiger partial charge >= 0.3 is 0 Å². The highest BCUT2D eigenvalue weighted by atomic mass is 16.5. The number of hydrogen-bond acceptors (Lipinski definition) is 3. The van der Waals surface area contributed by atoms with Gasteiger partial charge in [0.05, 0.1) is 5.56 Å². The number of hydrogen-bond donors (Lipinski definition) is 1. The summed E-state index contributed by atoms with van der Waals surface area (Å²) in [5.74, 6) is 1.20. The quantitative estimate of drug-likeness (QED) is 0.827. The van der Waals surface area contributed by atoms with E-state index in [9.17, 15) is 9.59 Å². The van der Waals surface area contributed by atoms with Crippen molar-refractivity contribution in [3.05, 3.63) is 29.8 Å². The number of likely N-dealkylation sites (tertiary alicyclic amines) is 1. The van der Waals surface area contributed by atoms with Crippen LogP contribution in [0.4, 0.5) is 0 Å². The van der Waals surface area contributed by atoms with Crippen LogP contribution in [0.2, 0.25) is 0 Å². The van der Waals surface area contributed by atoms with Crippen molar-refractivity contribution in [1.29, 1.82) is 0 Å². The summed E-state index contributed by atoms with van der Waals surface area (Å²) in [5, 5.41) is 3.20. The lowest BCUT2D eigenvalue weighted by atomic mass is 9.52. The van der Waals surface area contributed by atoms with E-state index in [1.54, 1.807) is 0 Å². The van der Waals surface area contributed by atoms with Gasteiger partial charge in [-0.05, 0) is 56.1 Å². The van der Waals surface area contributed by atoms with Gasteiger partial charge in [0.15, 0.2) is 5.72 Å². The maximum absolute atomic E-state index is 13.3. The van der Waals surface area contributed by atoms with Gasteiger partial charge in [0.1, 0.15) is 5.75 Å².